The Bertz CT molecular complexity index is 556. The van der Waals surface area contributed by atoms with Gasteiger partial charge < -0.3 is 10.0 Å². The standard InChI is InChI=1S/C14H13NO4S/c16-12(10-4-2-1-3-5-10)6-7-13(17)15-9-20-8-11(15)14(18)19/h1-7,11H,8-9H2,(H,18,19)/b7-6+/t11-/m0/s1. The quantitative estimate of drug-likeness (QED) is 0.670. The normalized spacial score (nSPS) is 18.4. The lowest BCUT2D eigenvalue weighted by molar-refractivity contribution is -0.146. The van der Waals surface area contributed by atoms with Crippen LogP contribution < -0.4 is 0 Å². The van der Waals surface area contributed by atoms with Crippen LogP contribution in [0.1, 0.15) is 10.4 Å². The monoisotopic (exact) mass is 291 g/mol. The van der Waals surface area contributed by atoms with E-state index < -0.39 is 17.9 Å². The van der Waals surface area contributed by atoms with Gasteiger partial charge in [-0.1, -0.05) is 30.3 Å². The number of hydrogen-bond acceptors (Lipinski definition) is 4. The van der Waals surface area contributed by atoms with Gasteiger partial charge in [0.25, 0.3) is 0 Å². The van der Waals surface area contributed by atoms with Crippen LogP contribution in [0.25, 0.3) is 0 Å². The number of rotatable bonds is 4. The van der Waals surface area contributed by atoms with E-state index in [2.05, 4.69) is 0 Å². The van der Waals surface area contributed by atoms with Gasteiger partial charge in [-0.05, 0) is 6.08 Å². The smallest absolute Gasteiger partial charge is 0.327 e. The minimum Gasteiger partial charge on any atom is -0.480 e. The molecule has 1 fully saturated rings. The van der Waals surface area contributed by atoms with Gasteiger partial charge in [-0.2, -0.15) is 0 Å². The van der Waals surface area contributed by atoms with Crippen LogP contribution in [0.3, 0.4) is 0 Å². The highest BCUT2D eigenvalue weighted by molar-refractivity contribution is 7.99. The van der Waals surface area contributed by atoms with E-state index in [1.54, 1.807) is 30.3 Å². The molecule has 2 rings (SSSR count). The molecule has 1 aliphatic heterocycles. The molecule has 104 valence electrons. The highest BCUT2D eigenvalue weighted by Gasteiger charge is 2.33. The molecule has 1 aromatic carbocycles. The van der Waals surface area contributed by atoms with Crippen LogP contribution in [-0.4, -0.2) is 45.3 Å². The van der Waals surface area contributed by atoms with Crippen molar-refractivity contribution in [1.29, 1.82) is 0 Å². The van der Waals surface area contributed by atoms with Crippen molar-refractivity contribution < 1.29 is 19.5 Å². The molecule has 5 nitrogen and oxygen atoms in total. The van der Waals surface area contributed by atoms with E-state index >= 15 is 0 Å². The van der Waals surface area contributed by atoms with Crippen molar-refractivity contribution >= 4 is 29.4 Å². The van der Waals surface area contributed by atoms with Gasteiger partial charge in [0.2, 0.25) is 5.91 Å². The Morgan fingerprint density at radius 1 is 1.20 bits per heavy atom. The highest BCUT2D eigenvalue weighted by Crippen LogP contribution is 2.21. The lowest BCUT2D eigenvalue weighted by Crippen LogP contribution is -2.40. The Hall–Kier alpha value is -2.08. The molecule has 6 heteroatoms. The third kappa shape index (κ3) is 3.27. The summed E-state index contributed by atoms with van der Waals surface area (Å²) in [5.74, 6) is -1.04. The number of nitrogens with zero attached hydrogens (tertiary/aromatic N) is 1. The van der Waals surface area contributed by atoms with Crippen LogP contribution in [0.5, 0.6) is 0 Å². The molecule has 1 N–H and O–H groups in total. The van der Waals surface area contributed by atoms with Crippen LogP contribution in [0.4, 0.5) is 0 Å². The van der Waals surface area contributed by atoms with E-state index in [1.807, 2.05) is 0 Å². The van der Waals surface area contributed by atoms with Crippen molar-refractivity contribution in [3.63, 3.8) is 0 Å². The lowest BCUT2D eigenvalue weighted by Gasteiger charge is -2.18. The molecule has 1 saturated heterocycles. The summed E-state index contributed by atoms with van der Waals surface area (Å²) >= 11 is 1.38. The number of allylic oxidation sites excluding steroid dienone is 1. The Kier molecular flexibility index (Phi) is 4.57. The molecule has 20 heavy (non-hydrogen) atoms. The summed E-state index contributed by atoms with van der Waals surface area (Å²) in [6, 6.07) is 7.76. The Labute approximate surface area is 120 Å². The molecule has 1 amide bonds. The van der Waals surface area contributed by atoms with Crippen molar-refractivity contribution in [2.24, 2.45) is 0 Å². The van der Waals surface area contributed by atoms with Crippen molar-refractivity contribution in [3.8, 4) is 0 Å². The number of hydrogen-bond donors (Lipinski definition) is 1. The first-order valence-corrected chi connectivity index (χ1v) is 7.13. The number of carboxylic acid groups (broad SMARTS) is 1. The number of benzene rings is 1. The second-order valence-corrected chi connectivity index (χ2v) is 5.23. The third-order valence-electron chi connectivity index (χ3n) is 2.89. The minimum atomic E-state index is -1.02. The predicted octanol–water partition coefficient (Wildman–Crippen LogP) is 1.41. The number of amides is 1. The number of carboxylic acids is 1. The predicted molar refractivity (Wildman–Crippen MR) is 75.5 cm³/mol. The maximum absolute atomic E-state index is 11.9. The molecule has 0 bridgehead atoms. The fourth-order valence-corrected chi connectivity index (χ4v) is 2.96. The minimum absolute atomic E-state index is 0.280. The molecule has 0 aromatic heterocycles. The first kappa shape index (κ1) is 14.3. The number of thioether (sulfide) groups is 1. The second kappa shape index (κ2) is 6.38. The zero-order valence-electron chi connectivity index (χ0n) is 10.6. The van der Waals surface area contributed by atoms with Gasteiger partial charge in [0.05, 0.1) is 5.88 Å². The fraction of sp³-hybridized carbons (Fsp3) is 0.214. The summed E-state index contributed by atoms with van der Waals surface area (Å²) in [5, 5.41) is 8.99. The zero-order chi connectivity index (χ0) is 14.5. The molecular weight excluding hydrogens is 278 g/mol. The van der Waals surface area contributed by atoms with Gasteiger partial charge in [-0.15, -0.1) is 11.8 Å². The fourth-order valence-electron chi connectivity index (χ4n) is 1.81. The maximum atomic E-state index is 11.9. The van der Waals surface area contributed by atoms with Crippen LogP contribution in [-0.2, 0) is 9.59 Å². The molecule has 1 heterocycles. The lowest BCUT2D eigenvalue weighted by atomic mass is 10.1. The summed E-state index contributed by atoms with van der Waals surface area (Å²) < 4.78 is 0. The van der Waals surface area contributed by atoms with Gasteiger partial charge in [-0.25, -0.2) is 4.79 Å². The van der Waals surface area contributed by atoms with Crippen molar-refractivity contribution in [1.82, 2.24) is 4.90 Å². The van der Waals surface area contributed by atoms with Gasteiger partial charge in [-0.3, -0.25) is 9.59 Å². The third-order valence-corrected chi connectivity index (χ3v) is 3.90. The number of carbonyl (C=O) groups excluding carboxylic acids is 2. The topological polar surface area (TPSA) is 74.7 Å². The van der Waals surface area contributed by atoms with E-state index in [0.29, 0.717) is 17.2 Å². The average molecular weight is 291 g/mol. The molecular formula is C14H13NO4S. The number of carbonyl (C=O) groups is 3. The van der Waals surface area contributed by atoms with Gasteiger partial charge in [0.1, 0.15) is 6.04 Å². The van der Waals surface area contributed by atoms with Crippen LogP contribution in [0.2, 0.25) is 0 Å². The Morgan fingerprint density at radius 3 is 2.55 bits per heavy atom. The van der Waals surface area contributed by atoms with Gasteiger partial charge in [0.15, 0.2) is 5.78 Å². The summed E-state index contributed by atoms with van der Waals surface area (Å²) in [7, 11) is 0. The van der Waals surface area contributed by atoms with E-state index in [0.717, 1.165) is 6.08 Å². The SMILES string of the molecule is O=C(/C=C/C(=O)N1CSC[C@H]1C(=O)O)c1ccccc1. The molecule has 1 aromatic rings. The van der Waals surface area contributed by atoms with E-state index in [9.17, 15) is 14.4 Å². The van der Waals surface area contributed by atoms with Gasteiger partial charge >= 0.3 is 5.97 Å². The second-order valence-electron chi connectivity index (χ2n) is 4.23. The Morgan fingerprint density at radius 2 is 1.90 bits per heavy atom. The molecule has 0 saturated carbocycles. The van der Waals surface area contributed by atoms with Crippen LogP contribution >= 0.6 is 11.8 Å². The molecule has 0 unspecified atom stereocenters. The molecule has 1 atom stereocenters. The summed E-state index contributed by atoms with van der Waals surface area (Å²) in [6.45, 7) is 0. The largest absolute Gasteiger partial charge is 0.480 e. The maximum Gasteiger partial charge on any atom is 0.327 e. The molecule has 0 radical (unpaired) electrons. The summed E-state index contributed by atoms with van der Waals surface area (Å²) in [5.41, 5.74) is 0.488. The van der Waals surface area contributed by atoms with Crippen molar-refractivity contribution in [3.05, 3.63) is 48.0 Å². The average Bonchev–Trinajstić information content (AvgIpc) is 2.95. The number of ketones is 1. The summed E-state index contributed by atoms with van der Waals surface area (Å²) in [4.78, 5) is 35.9. The Balaban J connectivity index is 2.02. The van der Waals surface area contributed by atoms with Crippen molar-refractivity contribution in [2.75, 3.05) is 11.6 Å². The summed E-state index contributed by atoms with van der Waals surface area (Å²) in [6.07, 6.45) is 2.32. The molecule has 0 aliphatic carbocycles. The zero-order valence-corrected chi connectivity index (χ0v) is 11.4. The van der Waals surface area contributed by atoms with Crippen LogP contribution in [0, 0.1) is 0 Å². The van der Waals surface area contributed by atoms with E-state index in [1.165, 1.54) is 22.7 Å². The van der Waals surface area contributed by atoms with E-state index in [4.69, 9.17) is 5.11 Å². The first-order valence-electron chi connectivity index (χ1n) is 5.98. The molecule has 1 aliphatic rings. The first-order chi connectivity index (χ1) is 9.59. The van der Waals surface area contributed by atoms with E-state index in [-0.39, 0.29) is 5.78 Å². The highest BCUT2D eigenvalue weighted by atomic mass is 32.2. The van der Waals surface area contributed by atoms with Crippen molar-refractivity contribution in [2.45, 2.75) is 6.04 Å². The van der Waals surface area contributed by atoms with Gasteiger partial charge in [0, 0.05) is 17.4 Å². The van der Waals surface area contributed by atoms with Crippen LogP contribution in [0.15, 0.2) is 42.5 Å². The molecule has 0 spiro atoms. The number of aliphatic carboxylic acids is 1.